The lowest BCUT2D eigenvalue weighted by molar-refractivity contribution is 0.669. The van der Waals surface area contributed by atoms with Crippen molar-refractivity contribution in [3.05, 3.63) is 200 Å². The predicted molar refractivity (Wildman–Crippen MR) is 210 cm³/mol. The van der Waals surface area contributed by atoms with Crippen molar-refractivity contribution in [1.29, 1.82) is 0 Å². The van der Waals surface area contributed by atoms with E-state index in [2.05, 4.69) is 193 Å². The van der Waals surface area contributed by atoms with Crippen molar-refractivity contribution >= 4 is 39.0 Å². The molecule has 0 amide bonds. The summed E-state index contributed by atoms with van der Waals surface area (Å²) in [7, 11) is 0. The summed E-state index contributed by atoms with van der Waals surface area (Å²) in [6.07, 6.45) is 0. The molecule has 9 rings (SSSR count). The summed E-state index contributed by atoms with van der Waals surface area (Å²) in [4.78, 5) is 2.37. The van der Waals surface area contributed by atoms with E-state index in [9.17, 15) is 0 Å². The molecule has 0 N–H and O–H groups in total. The summed E-state index contributed by atoms with van der Waals surface area (Å²) >= 11 is 0. The molecule has 0 spiro atoms. The van der Waals surface area contributed by atoms with Crippen LogP contribution in [0.1, 0.15) is 0 Å². The van der Waals surface area contributed by atoms with Crippen molar-refractivity contribution in [3.8, 4) is 44.5 Å². The van der Waals surface area contributed by atoms with Gasteiger partial charge in [-0.3, -0.25) is 0 Å². The summed E-state index contributed by atoms with van der Waals surface area (Å²) in [5, 5.41) is 2.27. The van der Waals surface area contributed by atoms with Gasteiger partial charge in [-0.15, -0.1) is 0 Å². The van der Waals surface area contributed by atoms with E-state index in [1.807, 2.05) is 12.1 Å². The average Bonchev–Trinajstić information content (AvgIpc) is 3.58. The third-order valence-corrected chi connectivity index (χ3v) is 9.46. The first-order valence-corrected chi connectivity index (χ1v) is 17.0. The van der Waals surface area contributed by atoms with Crippen LogP contribution in [0.4, 0.5) is 17.1 Å². The van der Waals surface area contributed by atoms with Gasteiger partial charge in [0, 0.05) is 27.8 Å². The molecule has 0 aliphatic rings. The van der Waals surface area contributed by atoms with Crippen LogP contribution in [0.15, 0.2) is 205 Å². The van der Waals surface area contributed by atoms with Crippen LogP contribution in [0.25, 0.3) is 66.4 Å². The predicted octanol–water partition coefficient (Wildman–Crippen LogP) is 13.7. The molecule has 50 heavy (non-hydrogen) atoms. The molecule has 0 unspecified atom stereocenters. The molecule has 236 valence electrons. The first kappa shape index (κ1) is 29.5. The molecule has 0 bridgehead atoms. The standard InChI is InChI=1S/C48H33NO/c1-4-12-34(13-5-1)37-20-25-42(26-21-37)49(44-31-40(35-14-6-2-7-15-35)30-41(32-44)36-16-8-3-9-17-36)43-27-22-38(23-28-43)39-24-29-48-46(33-39)45-18-10-11-19-47(45)50-48/h1-33H. The third kappa shape index (κ3) is 5.63. The smallest absolute Gasteiger partial charge is 0.135 e. The lowest BCUT2D eigenvalue weighted by Crippen LogP contribution is -2.10. The Hall–Kier alpha value is -6.64. The Balaban J connectivity index is 1.18. The number of benzene rings is 8. The second-order valence-corrected chi connectivity index (χ2v) is 12.6. The molecule has 2 heteroatoms. The van der Waals surface area contributed by atoms with Crippen molar-refractivity contribution in [3.63, 3.8) is 0 Å². The van der Waals surface area contributed by atoms with Crippen LogP contribution in [0.3, 0.4) is 0 Å². The number of rotatable bonds is 7. The van der Waals surface area contributed by atoms with Gasteiger partial charge in [0.05, 0.1) is 0 Å². The topological polar surface area (TPSA) is 16.4 Å². The van der Waals surface area contributed by atoms with Crippen molar-refractivity contribution in [2.45, 2.75) is 0 Å². The lowest BCUT2D eigenvalue weighted by Gasteiger charge is -2.27. The molecule has 8 aromatic carbocycles. The van der Waals surface area contributed by atoms with E-state index in [4.69, 9.17) is 4.42 Å². The average molecular weight is 640 g/mol. The van der Waals surface area contributed by atoms with Crippen molar-refractivity contribution in [2.24, 2.45) is 0 Å². The van der Waals surface area contributed by atoms with Gasteiger partial charge in [-0.05, 0) is 105 Å². The monoisotopic (exact) mass is 639 g/mol. The number of hydrogen-bond acceptors (Lipinski definition) is 2. The van der Waals surface area contributed by atoms with Gasteiger partial charge in [0.1, 0.15) is 11.2 Å². The largest absolute Gasteiger partial charge is 0.456 e. The number of anilines is 3. The summed E-state index contributed by atoms with van der Waals surface area (Å²) in [5.74, 6) is 0. The number of fused-ring (bicyclic) bond motifs is 3. The maximum Gasteiger partial charge on any atom is 0.135 e. The van der Waals surface area contributed by atoms with Crippen LogP contribution in [0, 0.1) is 0 Å². The quantitative estimate of drug-likeness (QED) is 0.173. The van der Waals surface area contributed by atoms with Gasteiger partial charge >= 0.3 is 0 Å². The first-order chi connectivity index (χ1) is 24.8. The van der Waals surface area contributed by atoms with Crippen LogP contribution in [-0.4, -0.2) is 0 Å². The Morgan fingerprint density at radius 3 is 1.24 bits per heavy atom. The Kier molecular flexibility index (Phi) is 7.53. The lowest BCUT2D eigenvalue weighted by atomic mass is 9.97. The van der Waals surface area contributed by atoms with Gasteiger partial charge in [-0.25, -0.2) is 0 Å². The summed E-state index contributed by atoms with van der Waals surface area (Å²) in [6, 6.07) is 71.3. The Labute approximate surface area is 292 Å². The number of hydrogen-bond donors (Lipinski definition) is 0. The van der Waals surface area contributed by atoms with Crippen molar-refractivity contribution in [1.82, 2.24) is 0 Å². The molecule has 0 fully saturated rings. The fourth-order valence-corrected chi connectivity index (χ4v) is 6.92. The van der Waals surface area contributed by atoms with E-state index in [0.29, 0.717) is 0 Å². The van der Waals surface area contributed by atoms with Crippen molar-refractivity contribution < 1.29 is 4.42 Å². The molecule has 0 saturated carbocycles. The normalized spacial score (nSPS) is 11.2. The zero-order valence-corrected chi connectivity index (χ0v) is 27.4. The molecule has 2 nitrogen and oxygen atoms in total. The van der Waals surface area contributed by atoms with E-state index >= 15 is 0 Å². The van der Waals surface area contributed by atoms with Crippen LogP contribution >= 0.6 is 0 Å². The van der Waals surface area contributed by atoms with Gasteiger partial charge in [0.25, 0.3) is 0 Å². The summed E-state index contributed by atoms with van der Waals surface area (Å²) in [5.41, 5.74) is 14.5. The van der Waals surface area contributed by atoms with Gasteiger partial charge in [0.15, 0.2) is 0 Å². The minimum absolute atomic E-state index is 0.907. The molecule has 1 aromatic heterocycles. The molecular formula is C48H33NO. The number of furan rings is 1. The second-order valence-electron chi connectivity index (χ2n) is 12.6. The minimum atomic E-state index is 0.907. The molecule has 1 heterocycles. The van der Waals surface area contributed by atoms with Gasteiger partial charge in [-0.1, -0.05) is 140 Å². The fourth-order valence-electron chi connectivity index (χ4n) is 6.92. The van der Waals surface area contributed by atoms with E-state index in [-0.39, 0.29) is 0 Å². The number of para-hydroxylation sites is 1. The Morgan fingerprint density at radius 2 is 0.680 bits per heavy atom. The zero-order chi connectivity index (χ0) is 33.3. The second kappa shape index (κ2) is 12.8. The Morgan fingerprint density at radius 1 is 0.260 bits per heavy atom. The SMILES string of the molecule is c1ccc(-c2ccc(N(c3ccc(-c4ccc5oc6ccccc6c5c4)cc3)c3cc(-c4ccccc4)cc(-c4ccccc4)c3)cc2)cc1. The molecule has 0 atom stereocenters. The highest BCUT2D eigenvalue weighted by Crippen LogP contribution is 2.41. The highest BCUT2D eigenvalue weighted by molar-refractivity contribution is 6.06. The summed E-state index contributed by atoms with van der Waals surface area (Å²) in [6.45, 7) is 0. The zero-order valence-electron chi connectivity index (χ0n) is 27.4. The maximum absolute atomic E-state index is 6.10. The third-order valence-electron chi connectivity index (χ3n) is 9.46. The van der Waals surface area contributed by atoms with E-state index in [1.165, 1.54) is 33.4 Å². The minimum Gasteiger partial charge on any atom is -0.456 e. The number of nitrogens with zero attached hydrogens (tertiary/aromatic N) is 1. The molecule has 0 radical (unpaired) electrons. The molecule has 0 aliphatic heterocycles. The maximum atomic E-state index is 6.10. The first-order valence-electron chi connectivity index (χ1n) is 17.0. The molecular weight excluding hydrogens is 607 g/mol. The highest BCUT2D eigenvalue weighted by atomic mass is 16.3. The van der Waals surface area contributed by atoms with E-state index < -0.39 is 0 Å². The molecule has 0 aliphatic carbocycles. The van der Waals surface area contributed by atoms with Gasteiger partial charge < -0.3 is 9.32 Å². The van der Waals surface area contributed by atoms with Crippen LogP contribution < -0.4 is 4.90 Å². The van der Waals surface area contributed by atoms with E-state index in [1.54, 1.807) is 0 Å². The van der Waals surface area contributed by atoms with Crippen LogP contribution in [-0.2, 0) is 0 Å². The molecule has 0 saturated heterocycles. The van der Waals surface area contributed by atoms with Crippen LogP contribution in [0.5, 0.6) is 0 Å². The molecule has 9 aromatic rings. The Bertz CT molecular complexity index is 2490. The van der Waals surface area contributed by atoms with E-state index in [0.717, 1.165) is 50.1 Å². The highest BCUT2D eigenvalue weighted by Gasteiger charge is 2.17. The van der Waals surface area contributed by atoms with Crippen molar-refractivity contribution in [2.75, 3.05) is 4.90 Å². The fraction of sp³-hybridized carbons (Fsp3) is 0. The van der Waals surface area contributed by atoms with Crippen LogP contribution in [0.2, 0.25) is 0 Å². The van der Waals surface area contributed by atoms with Gasteiger partial charge in [0.2, 0.25) is 0 Å². The summed E-state index contributed by atoms with van der Waals surface area (Å²) < 4.78 is 6.10. The van der Waals surface area contributed by atoms with Gasteiger partial charge in [-0.2, -0.15) is 0 Å².